The fourth-order valence-corrected chi connectivity index (χ4v) is 1.91. The molecule has 1 amide bonds. The van der Waals surface area contributed by atoms with Gasteiger partial charge in [0.05, 0.1) is 5.02 Å². The summed E-state index contributed by atoms with van der Waals surface area (Å²) in [6, 6.07) is 7.22. The van der Waals surface area contributed by atoms with E-state index in [2.05, 4.69) is 15.5 Å². The third-order valence-corrected chi connectivity index (χ3v) is 3.24. The molecular formula is C15H18ClN3O2. The molecule has 1 aromatic heterocycles. The van der Waals surface area contributed by atoms with Crippen LogP contribution in [0.25, 0.3) is 0 Å². The average molecular weight is 308 g/mol. The van der Waals surface area contributed by atoms with E-state index in [0.29, 0.717) is 22.5 Å². The highest BCUT2D eigenvalue weighted by molar-refractivity contribution is 6.32. The highest BCUT2D eigenvalue weighted by Gasteiger charge is 2.10. The Morgan fingerprint density at radius 3 is 2.86 bits per heavy atom. The number of hydrogen-bond donors (Lipinski definition) is 2. The Hall–Kier alpha value is -2.01. The number of carbonyl (C=O) groups excluding carboxylic acids is 1. The maximum absolute atomic E-state index is 11.8. The minimum Gasteiger partial charge on any atom is -0.482 e. The molecule has 0 fully saturated rings. The molecule has 0 aliphatic rings. The van der Waals surface area contributed by atoms with Crippen molar-refractivity contribution in [3.05, 3.63) is 40.5 Å². The van der Waals surface area contributed by atoms with Gasteiger partial charge in [0, 0.05) is 11.8 Å². The summed E-state index contributed by atoms with van der Waals surface area (Å²) in [5, 5.41) is 10.1. The zero-order chi connectivity index (χ0) is 15.4. The van der Waals surface area contributed by atoms with Crippen molar-refractivity contribution in [1.82, 2.24) is 10.2 Å². The zero-order valence-corrected chi connectivity index (χ0v) is 13.0. The molecule has 0 saturated heterocycles. The van der Waals surface area contributed by atoms with Crippen molar-refractivity contribution in [2.24, 2.45) is 0 Å². The van der Waals surface area contributed by atoms with Gasteiger partial charge in [-0.15, -0.1) is 0 Å². The molecule has 0 radical (unpaired) electrons. The lowest BCUT2D eigenvalue weighted by Gasteiger charge is -2.08. The number of carbonyl (C=O) groups is 1. The Balaban J connectivity index is 1.91. The third-order valence-electron chi connectivity index (χ3n) is 2.93. The molecule has 1 heterocycles. The van der Waals surface area contributed by atoms with Gasteiger partial charge in [-0.1, -0.05) is 31.5 Å². The molecule has 21 heavy (non-hydrogen) atoms. The molecule has 1 aromatic carbocycles. The molecule has 2 aromatic rings. The van der Waals surface area contributed by atoms with Gasteiger partial charge in [-0.2, -0.15) is 5.10 Å². The van der Waals surface area contributed by atoms with Crippen LogP contribution in [0.15, 0.2) is 24.3 Å². The first kappa shape index (κ1) is 15.4. The van der Waals surface area contributed by atoms with Gasteiger partial charge < -0.3 is 10.1 Å². The molecular weight excluding hydrogens is 290 g/mol. The standard InChI is InChI=1S/C15H18ClN3O2/c1-9(2)12-7-14(19-18-12)17-15(20)8-21-13-6-10(3)4-5-11(13)16/h4-7,9H,8H2,1-3H3,(H2,17,18,19,20). The number of aromatic amines is 1. The van der Waals surface area contributed by atoms with Gasteiger partial charge in [0.1, 0.15) is 5.75 Å². The van der Waals surface area contributed by atoms with E-state index in [1.165, 1.54) is 0 Å². The number of anilines is 1. The van der Waals surface area contributed by atoms with Gasteiger partial charge in [0.2, 0.25) is 0 Å². The topological polar surface area (TPSA) is 67.0 Å². The second kappa shape index (κ2) is 6.63. The van der Waals surface area contributed by atoms with E-state index in [0.717, 1.165) is 11.3 Å². The second-order valence-electron chi connectivity index (χ2n) is 5.13. The van der Waals surface area contributed by atoms with Crippen LogP contribution < -0.4 is 10.1 Å². The number of ether oxygens (including phenoxy) is 1. The number of benzene rings is 1. The summed E-state index contributed by atoms with van der Waals surface area (Å²) in [5.41, 5.74) is 1.98. The van der Waals surface area contributed by atoms with Gasteiger partial charge in [-0.3, -0.25) is 9.89 Å². The van der Waals surface area contributed by atoms with Crippen molar-refractivity contribution in [2.45, 2.75) is 26.7 Å². The molecule has 2 rings (SSSR count). The summed E-state index contributed by atoms with van der Waals surface area (Å²) in [7, 11) is 0. The van der Waals surface area contributed by atoms with Gasteiger partial charge in [0.25, 0.3) is 5.91 Å². The average Bonchev–Trinajstić information content (AvgIpc) is 2.88. The van der Waals surface area contributed by atoms with E-state index >= 15 is 0 Å². The number of amides is 1. The molecule has 0 spiro atoms. The van der Waals surface area contributed by atoms with Crippen LogP contribution in [0.4, 0.5) is 5.82 Å². The smallest absolute Gasteiger partial charge is 0.263 e. The van der Waals surface area contributed by atoms with Crippen molar-refractivity contribution in [2.75, 3.05) is 11.9 Å². The van der Waals surface area contributed by atoms with Crippen molar-refractivity contribution < 1.29 is 9.53 Å². The highest BCUT2D eigenvalue weighted by atomic mass is 35.5. The third kappa shape index (κ3) is 4.23. The number of nitrogens with one attached hydrogen (secondary N) is 2. The monoisotopic (exact) mass is 307 g/mol. The fraction of sp³-hybridized carbons (Fsp3) is 0.333. The summed E-state index contributed by atoms with van der Waals surface area (Å²) in [6.07, 6.45) is 0. The first-order valence-electron chi connectivity index (χ1n) is 6.70. The minimum atomic E-state index is -0.283. The molecule has 0 bridgehead atoms. The van der Waals surface area contributed by atoms with E-state index < -0.39 is 0 Å². The van der Waals surface area contributed by atoms with Crippen LogP contribution in [-0.2, 0) is 4.79 Å². The van der Waals surface area contributed by atoms with Gasteiger partial charge in [-0.05, 0) is 30.5 Å². The number of nitrogens with zero attached hydrogens (tertiary/aromatic N) is 1. The summed E-state index contributed by atoms with van der Waals surface area (Å²) in [5.74, 6) is 1.03. The number of aromatic nitrogens is 2. The molecule has 0 atom stereocenters. The van der Waals surface area contributed by atoms with E-state index in [-0.39, 0.29) is 12.5 Å². The Morgan fingerprint density at radius 2 is 2.19 bits per heavy atom. The van der Waals surface area contributed by atoms with E-state index in [1.54, 1.807) is 12.1 Å². The second-order valence-corrected chi connectivity index (χ2v) is 5.54. The Morgan fingerprint density at radius 1 is 1.43 bits per heavy atom. The van der Waals surface area contributed by atoms with Crippen molar-refractivity contribution in [1.29, 1.82) is 0 Å². The summed E-state index contributed by atoms with van der Waals surface area (Å²) >= 11 is 6.00. The minimum absolute atomic E-state index is 0.118. The SMILES string of the molecule is Cc1ccc(Cl)c(OCC(=O)Nc2cc(C(C)C)[nH]n2)c1. The zero-order valence-electron chi connectivity index (χ0n) is 12.2. The molecule has 112 valence electrons. The summed E-state index contributed by atoms with van der Waals surface area (Å²) < 4.78 is 5.42. The first-order chi connectivity index (χ1) is 9.95. The number of halogens is 1. The molecule has 2 N–H and O–H groups in total. The quantitative estimate of drug-likeness (QED) is 0.888. The molecule has 0 saturated carbocycles. The van der Waals surface area contributed by atoms with Gasteiger partial charge >= 0.3 is 0 Å². The largest absolute Gasteiger partial charge is 0.482 e. The van der Waals surface area contributed by atoms with Crippen LogP contribution in [-0.4, -0.2) is 22.7 Å². The Labute approximate surface area is 128 Å². The number of aryl methyl sites for hydroxylation is 1. The Kier molecular flexibility index (Phi) is 4.85. The fourth-order valence-electron chi connectivity index (χ4n) is 1.74. The summed E-state index contributed by atoms with van der Waals surface area (Å²) in [6.45, 7) is 5.90. The summed E-state index contributed by atoms with van der Waals surface area (Å²) in [4.78, 5) is 11.8. The normalized spacial score (nSPS) is 10.7. The number of H-pyrrole nitrogens is 1. The lowest BCUT2D eigenvalue weighted by molar-refractivity contribution is -0.118. The Bertz CT molecular complexity index is 638. The molecule has 0 aliphatic carbocycles. The number of rotatable bonds is 5. The van der Waals surface area contributed by atoms with Crippen LogP contribution in [0.5, 0.6) is 5.75 Å². The predicted octanol–water partition coefficient (Wildman–Crippen LogP) is 3.51. The van der Waals surface area contributed by atoms with E-state index in [9.17, 15) is 4.79 Å². The van der Waals surface area contributed by atoms with Crippen LogP contribution >= 0.6 is 11.6 Å². The van der Waals surface area contributed by atoms with Crippen LogP contribution in [0, 0.1) is 6.92 Å². The van der Waals surface area contributed by atoms with Crippen molar-refractivity contribution >= 4 is 23.3 Å². The van der Waals surface area contributed by atoms with E-state index in [4.69, 9.17) is 16.3 Å². The van der Waals surface area contributed by atoms with Crippen LogP contribution in [0.1, 0.15) is 31.0 Å². The lowest BCUT2D eigenvalue weighted by atomic mass is 10.1. The van der Waals surface area contributed by atoms with Gasteiger partial charge in [-0.25, -0.2) is 0 Å². The van der Waals surface area contributed by atoms with Crippen LogP contribution in [0.3, 0.4) is 0 Å². The van der Waals surface area contributed by atoms with Crippen molar-refractivity contribution in [3.8, 4) is 5.75 Å². The van der Waals surface area contributed by atoms with Crippen molar-refractivity contribution in [3.63, 3.8) is 0 Å². The van der Waals surface area contributed by atoms with Gasteiger partial charge in [0.15, 0.2) is 12.4 Å². The number of hydrogen-bond acceptors (Lipinski definition) is 3. The maximum atomic E-state index is 11.8. The first-order valence-corrected chi connectivity index (χ1v) is 7.07. The van der Waals surface area contributed by atoms with E-state index in [1.807, 2.05) is 32.9 Å². The maximum Gasteiger partial charge on any atom is 0.263 e. The molecule has 5 nitrogen and oxygen atoms in total. The van der Waals surface area contributed by atoms with Crippen LogP contribution in [0.2, 0.25) is 5.02 Å². The molecule has 6 heteroatoms. The molecule has 0 aliphatic heterocycles. The predicted molar refractivity (Wildman–Crippen MR) is 83.0 cm³/mol. The lowest BCUT2D eigenvalue weighted by Crippen LogP contribution is -2.20. The molecule has 0 unspecified atom stereocenters. The highest BCUT2D eigenvalue weighted by Crippen LogP contribution is 2.25.